The molecule has 1 aromatic rings. The van der Waals surface area contributed by atoms with E-state index in [1.807, 2.05) is 19.1 Å². The smallest absolute Gasteiger partial charge is 0.240 e. The molecule has 0 radical (unpaired) electrons. The average molecular weight is 359 g/mol. The van der Waals surface area contributed by atoms with Gasteiger partial charge in [0, 0.05) is 18.7 Å². The molecule has 142 valence electrons. The molecule has 2 N–H and O–H groups in total. The zero-order valence-corrected chi connectivity index (χ0v) is 15.7. The van der Waals surface area contributed by atoms with Gasteiger partial charge in [0.15, 0.2) is 0 Å². The number of morpholine rings is 1. The Morgan fingerprint density at radius 3 is 3.08 bits per heavy atom. The highest BCUT2D eigenvalue weighted by atomic mass is 16.5. The third kappa shape index (κ3) is 4.43. The van der Waals surface area contributed by atoms with Crippen molar-refractivity contribution in [2.75, 3.05) is 31.6 Å². The van der Waals surface area contributed by atoms with Gasteiger partial charge in [0.2, 0.25) is 11.8 Å². The van der Waals surface area contributed by atoms with Crippen LogP contribution in [0.4, 0.5) is 5.69 Å². The minimum Gasteiger partial charge on any atom is -0.378 e. The molecule has 3 rings (SSSR count). The molecule has 0 saturated carbocycles. The van der Waals surface area contributed by atoms with Gasteiger partial charge in [0.25, 0.3) is 0 Å². The number of carbonyl (C=O) groups excluding carboxylic acids is 2. The first-order chi connectivity index (χ1) is 12.6. The molecular formula is C20H29N3O3. The first-order valence-electron chi connectivity index (χ1n) is 9.63. The highest BCUT2D eigenvalue weighted by Gasteiger charge is 2.30. The van der Waals surface area contributed by atoms with Crippen molar-refractivity contribution in [3.05, 3.63) is 29.3 Å². The van der Waals surface area contributed by atoms with E-state index in [2.05, 4.69) is 28.5 Å². The third-order valence-corrected chi connectivity index (χ3v) is 5.22. The Hall–Kier alpha value is -1.92. The molecule has 1 saturated heterocycles. The van der Waals surface area contributed by atoms with Gasteiger partial charge in [-0.05, 0) is 43.5 Å². The van der Waals surface area contributed by atoms with Crippen molar-refractivity contribution >= 4 is 17.5 Å². The van der Waals surface area contributed by atoms with Gasteiger partial charge in [-0.3, -0.25) is 14.5 Å². The van der Waals surface area contributed by atoms with Crippen molar-refractivity contribution in [2.45, 2.75) is 51.6 Å². The second kappa shape index (κ2) is 8.64. The first kappa shape index (κ1) is 18.9. The largest absolute Gasteiger partial charge is 0.378 e. The topological polar surface area (TPSA) is 70.7 Å². The lowest BCUT2D eigenvalue weighted by Gasteiger charge is -2.35. The number of anilines is 1. The van der Waals surface area contributed by atoms with Crippen LogP contribution in [0.1, 0.15) is 50.3 Å². The summed E-state index contributed by atoms with van der Waals surface area (Å²) < 4.78 is 5.54. The van der Waals surface area contributed by atoms with Crippen molar-refractivity contribution in [3.63, 3.8) is 0 Å². The summed E-state index contributed by atoms with van der Waals surface area (Å²) >= 11 is 0. The molecule has 0 bridgehead atoms. The van der Waals surface area contributed by atoms with Crippen molar-refractivity contribution in [1.29, 1.82) is 0 Å². The fraction of sp³-hybridized carbons (Fsp3) is 0.600. The van der Waals surface area contributed by atoms with Crippen LogP contribution < -0.4 is 10.6 Å². The molecule has 2 unspecified atom stereocenters. The molecule has 26 heavy (non-hydrogen) atoms. The summed E-state index contributed by atoms with van der Waals surface area (Å²) in [6.07, 6.45) is 3.48. The quantitative estimate of drug-likeness (QED) is 0.817. The predicted octanol–water partition coefficient (Wildman–Crippen LogP) is 2.25. The number of unbranched alkanes of at least 4 members (excludes halogenated alkanes) is 1. The number of ether oxygens (including phenoxy) is 1. The number of aryl methyl sites for hydroxylation is 1. The highest BCUT2D eigenvalue weighted by molar-refractivity contribution is 5.93. The maximum absolute atomic E-state index is 12.8. The van der Waals surface area contributed by atoms with Crippen LogP contribution in [0.3, 0.4) is 0 Å². The van der Waals surface area contributed by atoms with E-state index in [9.17, 15) is 9.59 Å². The lowest BCUT2D eigenvalue weighted by Crippen LogP contribution is -2.54. The Kier molecular flexibility index (Phi) is 6.27. The normalized spacial score (nSPS) is 21.6. The van der Waals surface area contributed by atoms with Crippen LogP contribution in [-0.4, -0.2) is 49.1 Å². The van der Waals surface area contributed by atoms with E-state index in [1.165, 1.54) is 0 Å². The number of fused-ring (bicyclic) bond motifs is 1. The fourth-order valence-corrected chi connectivity index (χ4v) is 3.57. The standard InChI is InChI=1S/C20H29N3O3/c1-3-4-9-23-10-11-26-13-18(23)20(25)21-14(2)15-5-7-17-16(12-15)6-8-19(24)22-17/h5,7,12,14,18H,3-4,6,8-11,13H2,1-2H3,(H,21,25)(H,22,24). The Morgan fingerprint density at radius 2 is 2.27 bits per heavy atom. The van der Waals surface area contributed by atoms with Gasteiger partial charge in [0.1, 0.15) is 6.04 Å². The summed E-state index contributed by atoms with van der Waals surface area (Å²) in [6.45, 7) is 7.06. The van der Waals surface area contributed by atoms with E-state index in [-0.39, 0.29) is 23.9 Å². The minimum absolute atomic E-state index is 0.0272. The predicted molar refractivity (Wildman–Crippen MR) is 101 cm³/mol. The van der Waals surface area contributed by atoms with E-state index in [0.29, 0.717) is 19.6 Å². The Labute approximate surface area is 155 Å². The zero-order valence-electron chi connectivity index (χ0n) is 15.7. The number of nitrogens with one attached hydrogen (secondary N) is 2. The monoisotopic (exact) mass is 359 g/mol. The van der Waals surface area contributed by atoms with Crippen LogP contribution >= 0.6 is 0 Å². The third-order valence-electron chi connectivity index (χ3n) is 5.22. The molecular weight excluding hydrogens is 330 g/mol. The van der Waals surface area contributed by atoms with E-state index in [4.69, 9.17) is 4.74 Å². The van der Waals surface area contributed by atoms with Crippen LogP contribution in [0.25, 0.3) is 0 Å². The van der Waals surface area contributed by atoms with E-state index >= 15 is 0 Å². The summed E-state index contributed by atoms with van der Waals surface area (Å²) in [5.74, 6) is 0.0930. The van der Waals surface area contributed by atoms with Gasteiger partial charge >= 0.3 is 0 Å². The number of hydrogen-bond donors (Lipinski definition) is 2. The van der Waals surface area contributed by atoms with Gasteiger partial charge in [-0.15, -0.1) is 0 Å². The molecule has 1 fully saturated rings. The number of nitrogens with zero attached hydrogens (tertiary/aromatic N) is 1. The van der Waals surface area contributed by atoms with Gasteiger partial charge in [0.05, 0.1) is 19.3 Å². The maximum Gasteiger partial charge on any atom is 0.240 e. The number of amides is 2. The molecule has 1 aromatic carbocycles. The summed E-state index contributed by atoms with van der Waals surface area (Å²) in [5, 5.41) is 6.03. The van der Waals surface area contributed by atoms with Gasteiger partial charge < -0.3 is 15.4 Å². The van der Waals surface area contributed by atoms with E-state index in [1.54, 1.807) is 0 Å². The first-order valence-corrected chi connectivity index (χ1v) is 9.63. The lowest BCUT2D eigenvalue weighted by molar-refractivity contribution is -0.133. The average Bonchev–Trinajstić information content (AvgIpc) is 2.66. The van der Waals surface area contributed by atoms with Crippen LogP contribution in [-0.2, 0) is 20.7 Å². The fourth-order valence-electron chi connectivity index (χ4n) is 3.57. The number of hydrogen-bond acceptors (Lipinski definition) is 4. The molecule has 2 aliphatic rings. The summed E-state index contributed by atoms with van der Waals surface area (Å²) in [5.41, 5.74) is 3.08. The molecule has 2 amide bonds. The minimum atomic E-state index is -0.213. The lowest BCUT2D eigenvalue weighted by atomic mass is 9.97. The van der Waals surface area contributed by atoms with Crippen molar-refractivity contribution < 1.29 is 14.3 Å². The molecule has 2 heterocycles. The zero-order chi connectivity index (χ0) is 18.5. The molecule has 0 aliphatic carbocycles. The van der Waals surface area contributed by atoms with Crippen LogP contribution in [0.15, 0.2) is 18.2 Å². The van der Waals surface area contributed by atoms with Crippen LogP contribution in [0.2, 0.25) is 0 Å². The second-order valence-electron chi connectivity index (χ2n) is 7.18. The number of rotatable bonds is 6. The Morgan fingerprint density at radius 1 is 1.42 bits per heavy atom. The van der Waals surface area contributed by atoms with Crippen molar-refractivity contribution in [1.82, 2.24) is 10.2 Å². The SMILES string of the molecule is CCCCN1CCOCC1C(=O)NC(C)c1ccc2c(c1)CCC(=O)N2. The molecule has 6 nitrogen and oxygen atoms in total. The molecule has 0 spiro atoms. The molecule has 6 heteroatoms. The Bertz CT molecular complexity index is 662. The van der Waals surface area contributed by atoms with Crippen molar-refractivity contribution in [2.24, 2.45) is 0 Å². The number of benzene rings is 1. The van der Waals surface area contributed by atoms with Crippen LogP contribution in [0, 0.1) is 0 Å². The van der Waals surface area contributed by atoms with Crippen LogP contribution in [0.5, 0.6) is 0 Å². The van der Waals surface area contributed by atoms with Crippen molar-refractivity contribution in [3.8, 4) is 0 Å². The van der Waals surface area contributed by atoms with Gasteiger partial charge in [-0.2, -0.15) is 0 Å². The highest BCUT2D eigenvalue weighted by Crippen LogP contribution is 2.26. The van der Waals surface area contributed by atoms with Gasteiger partial charge in [-0.1, -0.05) is 25.5 Å². The second-order valence-corrected chi connectivity index (χ2v) is 7.18. The maximum atomic E-state index is 12.8. The van der Waals surface area contributed by atoms with E-state index in [0.717, 1.165) is 49.2 Å². The van der Waals surface area contributed by atoms with Gasteiger partial charge in [-0.25, -0.2) is 0 Å². The molecule has 2 aliphatic heterocycles. The Balaban J connectivity index is 1.64. The summed E-state index contributed by atoms with van der Waals surface area (Å²) in [7, 11) is 0. The summed E-state index contributed by atoms with van der Waals surface area (Å²) in [4.78, 5) is 26.5. The number of carbonyl (C=O) groups is 2. The van der Waals surface area contributed by atoms with E-state index < -0.39 is 0 Å². The molecule has 2 atom stereocenters. The molecule has 0 aromatic heterocycles. The summed E-state index contributed by atoms with van der Waals surface area (Å²) in [6, 6.07) is 5.70.